The zero-order valence-electron chi connectivity index (χ0n) is 16.8. The van der Waals surface area contributed by atoms with E-state index in [1.807, 2.05) is 19.1 Å². The van der Waals surface area contributed by atoms with Gasteiger partial charge in [0.25, 0.3) is 11.8 Å². The number of aryl methyl sites for hydroxylation is 1. The second-order valence-electron chi connectivity index (χ2n) is 7.03. The number of halogens is 1. The fourth-order valence-electron chi connectivity index (χ4n) is 3.34. The van der Waals surface area contributed by atoms with Gasteiger partial charge >= 0.3 is 0 Å². The van der Waals surface area contributed by atoms with E-state index in [4.69, 9.17) is 9.26 Å². The Bertz CT molecular complexity index is 998. The van der Waals surface area contributed by atoms with E-state index in [9.17, 15) is 9.18 Å². The molecule has 8 heteroatoms. The normalized spacial score (nSPS) is 14.1. The molecule has 1 saturated heterocycles. The average Bonchev–Trinajstić information content (AvgIpc) is 3.28. The molecule has 0 N–H and O–H groups in total. The molecule has 0 atom stereocenters. The third kappa shape index (κ3) is 4.59. The standard InChI is InChI=1S/C22H23FN4O3/c1-2-20-24-22(30-25-20)16-4-3-5-19(14-16)29-15-21(28)27-12-10-26(11-13-27)18-8-6-17(23)7-9-18/h3-9,14H,2,10-13,15H2,1H3. The van der Waals surface area contributed by atoms with E-state index in [1.165, 1.54) is 12.1 Å². The Morgan fingerprint density at radius 2 is 1.90 bits per heavy atom. The van der Waals surface area contributed by atoms with E-state index in [0.717, 1.165) is 11.3 Å². The SMILES string of the molecule is CCc1noc(-c2cccc(OCC(=O)N3CCN(c4ccc(F)cc4)CC3)c2)n1. The molecule has 7 nitrogen and oxygen atoms in total. The number of carbonyl (C=O) groups excluding carboxylic acids is 1. The fourth-order valence-corrected chi connectivity index (χ4v) is 3.34. The Balaban J connectivity index is 1.30. The van der Waals surface area contributed by atoms with Crippen molar-refractivity contribution in [2.75, 3.05) is 37.7 Å². The number of aromatic nitrogens is 2. The zero-order valence-corrected chi connectivity index (χ0v) is 16.8. The minimum atomic E-state index is -0.251. The zero-order chi connectivity index (χ0) is 20.9. The van der Waals surface area contributed by atoms with Crippen molar-refractivity contribution in [3.8, 4) is 17.2 Å². The molecule has 0 saturated carbocycles. The lowest BCUT2D eigenvalue weighted by Crippen LogP contribution is -2.50. The summed E-state index contributed by atoms with van der Waals surface area (Å²) in [6.45, 7) is 4.51. The number of hydrogen-bond donors (Lipinski definition) is 0. The number of nitrogens with zero attached hydrogens (tertiary/aromatic N) is 4. The molecular formula is C22H23FN4O3. The van der Waals surface area contributed by atoms with Crippen LogP contribution in [-0.4, -0.2) is 53.7 Å². The van der Waals surface area contributed by atoms with Crippen LogP contribution in [0.15, 0.2) is 53.1 Å². The molecule has 1 aliphatic rings. The van der Waals surface area contributed by atoms with Crippen molar-refractivity contribution in [1.29, 1.82) is 0 Å². The summed E-state index contributed by atoms with van der Waals surface area (Å²) in [5, 5.41) is 3.90. The van der Waals surface area contributed by atoms with Crippen molar-refractivity contribution in [3.05, 3.63) is 60.2 Å². The molecule has 1 amide bonds. The van der Waals surface area contributed by atoms with Crippen molar-refractivity contribution in [2.45, 2.75) is 13.3 Å². The van der Waals surface area contributed by atoms with Crippen LogP contribution >= 0.6 is 0 Å². The van der Waals surface area contributed by atoms with Gasteiger partial charge in [0.05, 0.1) is 0 Å². The Hall–Kier alpha value is -3.42. The molecule has 1 aromatic heterocycles. The summed E-state index contributed by atoms with van der Waals surface area (Å²) in [6.07, 6.45) is 0.697. The summed E-state index contributed by atoms with van der Waals surface area (Å²) in [5.41, 5.74) is 1.71. The Kier molecular flexibility index (Phi) is 5.92. The highest BCUT2D eigenvalue weighted by Gasteiger charge is 2.21. The number of piperazine rings is 1. The molecule has 4 rings (SSSR count). The molecule has 0 radical (unpaired) electrons. The number of anilines is 1. The quantitative estimate of drug-likeness (QED) is 0.622. The van der Waals surface area contributed by atoms with Gasteiger partial charge in [-0.15, -0.1) is 0 Å². The smallest absolute Gasteiger partial charge is 0.260 e. The highest BCUT2D eigenvalue weighted by molar-refractivity contribution is 5.78. The molecule has 0 spiro atoms. The van der Waals surface area contributed by atoms with Gasteiger partial charge in [-0.25, -0.2) is 4.39 Å². The Morgan fingerprint density at radius 3 is 2.60 bits per heavy atom. The van der Waals surface area contributed by atoms with Crippen molar-refractivity contribution in [2.24, 2.45) is 0 Å². The first-order chi connectivity index (χ1) is 14.6. The van der Waals surface area contributed by atoms with Gasteiger partial charge in [-0.1, -0.05) is 18.1 Å². The summed E-state index contributed by atoms with van der Waals surface area (Å²) < 4.78 is 24.0. The highest BCUT2D eigenvalue weighted by Crippen LogP contribution is 2.23. The van der Waals surface area contributed by atoms with Crippen LogP contribution in [0.1, 0.15) is 12.7 Å². The van der Waals surface area contributed by atoms with Gasteiger partial charge in [0, 0.05) is 43.9 Å². The fraction of sp³-hybridized carbons (Fsp3) is 0.318. The molecule has 0 unspecified atom stereocenters. The monoisotopic (exact) mass is 410 g/mol. The maximum atomic E-state index is 13.1. The molecule has 30 heavy (non-hydrogen) atoms. The van der Waals surface area contributed by atoms with Crippen LogP contribution < -0.4 is 9.64 Å². The van der Waals surface area contributed by atoms with Gasteiger partial charge in [-0.2, -0.15) is 4.98 Å². The first-order valence-corrected chi connectivity index (χ1v) is 9.96. The Labute approximate surface area is 174 Å². The topological polar surface area (TPSA) is 71.7 Å². The average molecular weight is 410 g/mol. The second kappa shape index (κ2) is 8.94. The summed E-state index contributed by atoms with van der Waals surface area (Å²) in [4.78, 5) is 20.8. The summed E-state index contributed by atoms with van der Waals surface area (Å²) in [5.74, 6) is 1.33. The summed E-state index contributed by atoms with van der Waals surface area (Å²) in [7, 11) is 0. The third-order valence-electron chi connectivity index (χ3n) is 5.05. The number of amides is 1. The van der Waals surface area contributed by atoms with E-state index in [-0.39, 0.29) is 18.3 Å². The number of carbonyl (C=O) groups is 1. The van der Waals surface area contributed by atoms with Crippen LogP contribution in [0.2, 0.25) is 0 Å². The van der Waals surface area contributed by atoms with Gasteiger partial charge < -0.3 is 19.1 Å². The number of ether oxygens (including phenoxy) is 1. The van der Waals surface area contributed by atoms with E-state index >= 15 is 0 Å². The predicted molar refractivity (Wildman–Crippen MR) is 110 cm³/mol. The van der Waals surface area contributed by atoms with Crippen LogP contribution in [-0.2, 0) is 11.2 Å². The summed E-state index contributed by atoms with van der Waals surface area (Å²) >= 11 is 0. The third-order valence-corrected chi connectivity index (χ3v) is 5.05. The number of benzene rings is 2. The van der Waals surface area contributed by atoms with Crippen molar-refractivity contribution < 1.29 is 18.4 Å². The molecule has 1 fully saturated rings. The Morgan fingerprint density at radius 1 is 1.13 bits per heavy atom. The second-order valence-corrected chi connectivity index (χ2v) is 7.03. The van der Waals surface area contributed by atoms with Crippen LogP contribution in [0.25, 0.3) is 11.5 Å². The maximum Gasteiger partial charge on any atom is 0.260 e. The van der Waals surface area contributed by atoms with E-state index in [0.29, 0.717) is 50.1 Å². The molecule has 0 aliphatic carbocycles. The highest BCUT2D eigenvalue weighted by atomic mass is 19.1. The lowest BCUT2D eigenvalue weighted by atomic mass is 10.2. The maximum absolute atomic E-state index is 13.1. The molecule has 156 valence electrons. The lowest BCUT2D eigenvalue weighted by Gasteiger charge is -2.36. The largest absolute Gasteiger partial charge is 0.484 e. The van der Waals surface area contributed by atoms with Gasteiger partial charge in [-0.3, -0.25) is 4.79 Å². The molecule has 2 heterocycles. The molecule has 0 bridgehead atoms. The first-order valence-electron chi connectivity index (χ1n) is 9.96. The van der Waals surface area contributed by atoms with E-state index in [1.54, 1.807) is 29.2 Å². The lowest BCUT2D eigenvalue weighted by molar-refractivity contribution is -0.133. The molecule has 2 aromatic carbocycles. The molecule has 1 aliphatic heterocycles. The van der Waals surface area contributed by atoms with Crippen LogP contribution in [0, 0.1) is 5.82 Å². The number of hydrogen-bond acceptors (Lipinski definition) is 6. The predicted octanol–water partition coefficient (Wildman–Crippen LogP) is 3.17. The van der Waals surface area contributed by atoms with Crippen LogP contribution in [0.5, 0.6) is 5.75 Å². The minimum Gasteiger partial charge on any atom is -0.484 e. The van der Waals surface area contributed by atoms with E-state index < -0.39 is 0 Å². The van der Waals surface area contributed by atoms with Crippen LogP contribution in [0.4, 0.5) is 10.1 Å². The summed E-state index contributed by atoms with van der Waals surface area (Å²) in [6, 6.07) is 13.7. The minimum absolute atomic E-state index is 0.0377. The molecule has 3 aromatic rings. The van der Waals surface area contributed by atoms with Crippen molar-refractivity contribution >= 4 is 11.6 Å². The van der Waals surface area contributed by atoms with Gasteiger partial charge in [0.15, 0.2) is 12.4 Å². The number of rotatable bonds is 6. The molecular weight excluding hydrogens is 387 g/mol. The van der Waals surface area contributed by atoms with Gasteiger partial charge in [0.2, 0.25) is 0 Å². The van der Waals surface area contributed by atoms with Crippen molar-refractivity contribution in [1.82, 2.24) is 15.0 Å². The van der Waals surface area contributed by atoms with Gasteiger partial charge in [0.1, 0.15) is 11.6 Å². The van der Waals surface area contributed by atoms with Crippen molar-refractivity contribution in [3.63, 3.8) is 0 Å². The first kappa shape index (κ1) is 19.9. The van der Waals surface area contributed by atoms with Crippen LogP contribution in [0.3, 0.4) is 0 Å². The van der Waals surface area contributed by atoms with Gasteiger partial charge in [-0.05, 0) is 42.5 Å². The van der Waals surface area contributed by atoms with E-state index in [2.05, 4.69) is 15.0 Å².